The lowest BCUT2D eigenvalue weighted by Crippen LogP contribution is -1.95. The second-order valence-corrected chi connectivity index (χ2v) is 3.02. The maximum Gasteiger partial charge on any atom is 0.101 e. The average Bonchev–Trinajstić information content (AvgIpc) is 1.85. The summed E-state index contributed by atoms with van der Waals surface area (Å²) in [5, 5.41) is 0. The SMILES string of the molecule is CC1CC(F)CC1C. The van der Waals surface area contributed by atoms with Gasteiger partial charge in [-0.1, -0.05) is 13.8 Å². The lowest BCUT2D eigenvalue weighted by atomic mass is 10.0. The lowest BCUT2D eigenvalue weighted by molar-refractivity contribution is 0.331. The van der Waals surface area contributed by atoms with Gasteiger partial charge in [0.15, 0.2) is 0 Å². The van der Waals surface area contributed by atoms with Crippen LogP contribution in [0.4, 0.5) is 4.39 Å². The summed E-state index contributed by atoms with van der Waals surface area (Å²) in [4.78, 5) is 0. The van der Waals surface area contributed by atoms with E-state index in [-0.39, 0.29) is 0 Å². The number of halogens is 1. The topological polar surface area (TPSA) is 0 Å². The summed E-state index contributed by atoms with van der Waals surface area (Å²) >= 11 is 0. The Hall–Kier alpha value is -0.0700. The summed E-state index contributed by atoms with van der Waals surface area (Å²) in [6.07, 6.45) is 1.09. The van der Waals surface area contributed by atoms with E-state index in [1.54, 1.807) is 0 Å². The van der Waals surface area contributed by atoms with E-state index in [0.29, 0.717) is 11.8 Å². The van der Waals surface area contributed by atoms with Crippen LogP contribution < -0.4 is 0 Å². The molecule has 2 atom stereocenters. The van der Waals surface area contributed by atoms with Crippen LogP contribution in [-0.4, -0.2) is 6.17 Å². The predicted molar refractivity (Wildman–Crippen MR) is 32.5 cm³/mol. The first-order valence-corrected chi connectivity index (χ1v) is 3.34. The molecule has 0 amide bonds. The van der Waals surface area contributed by atoms with E-state index in [9.17, 15) is 4.39 Å². The van der Waals surface area contributed by atoms with Gasteiger partial charge in [0.05, 0.1) is 0 Å². The fourth-order valence-electron chi connectivity index (χ4n) is 1.37. The monoisotopic (exact) mass is 116 g/mol. The maximum absolute atomic E-state index is 12.4. The van der Waals surface area contributed by atoms with Gasteiger partial charge in [0.25, 0.3) is 0 Å². The summed E-state index contributed by atoms with van der Waals surface area (Å²) in [6, 6.07) is 0. The van der Waals surface area contributed by atoms with Crippen molar-refractivity contribution in [2.24, 2.45) is 11.8 Å². The molecule has 0 aliphatic heterocycles. The molecule has 1 saturated carbocycles. The van der Waals surface area contributed by atoms with E-state index < -0.39 is 6.17 Å². The third-order valence-corrected chi connectivity index (χ3v) is 2.23. The molecule has 0 aromatic rings. The van der Waals surface area contributed by atoms with Crippen LogP contribution in [0.25, 0.3) is 0 Å². The molecule has 1 aliphatic rings. The third kappa shape index (κ3) is 1.01. The molecule has 1 heteroatoms. The second-order valence-electron chi connectivity index (χ2n) is 3.02. The molecule has 0 nitrogen and oxygen atoms in total. The number of alkyl halides is 1. The molecule has 0 aromatic heterocycles. The molecule has 2 unspecified atom stereocenters. The molecule has 0 aromatic carbocycles. The van der Waals surface area contributed by atoms with E-state index in [0.717, 1.165) is 12.8 Å². The smallest absolute Gasteiger partial charge is 0.101 e. The van der Waals surface area contributed by atoms with Crippen LogP contribution in [0.15, 0.2) is 0 Å². The Morgan fingerprint density at radius 3 is 1.62 bits per heavy atom. The van der Waals surface area contributed by atoms with Gasteiger partial charge in [0, 0.05) is 0 Å². The second kappa shape index (κ2) is 2.04. The van der Waals surface area contributed by atoms with Gasteiger partial charge in [-0.05, 0) is 24.7 Å². The zero-order chi connectivity index (χ0) is 6.15. The Morgan fingerprint density at radius 1 is 1.12 bits per heavy atom. The molecule has 0 spiro atoms. The summed E-state index contributed by atoms with van der Waals surface area (Å²) in [6.45, 7) is 4.26. The summed E-state index contributed by atoms with van der Waals surface area (Å²) in [5.74, 6) is 1.23. The van der Waals surface area contributed by atoms with Crippen molar-refractivity contribution in [3.05, 3.63) is 0 Å². The van der Waals surface area contributed by atoms with Crippen molar-refractivity contribution < 1.29 is 4.39 Å². The van der Waals surface area contributed by atoms with Gasteiger partial charge in [-0.25, -0.2) is 4.39 Å². The molecule has 48 valence electrons. The molecule has 1 rings (SSSR count). The Labute approximate surface area is 50.1 Å². The Morgan fingerprint density at radius 2 is 1.50 bits per heavy atom. The van der Waals surface area contributed by atoms with Crippen molar-refractivity contribution in [3.8, 4) is 0 Å². The van der Waals surface area contributed by atoms with Crippen LogP contribution in [0.5, 0.6) is 0 Å². The van der Waals surface area contributed by atoms with Crippen molar-refractivity contribution in [2.45, 2.75) is 32.9 Å². The van der Waals surface area contributed by atoms with E-state index in [2.05, 4.69) is 13.8 Å². The highest BCUT2D eigenvalue weighted by Gasteiger charge is 2.27. The van der Waals surface area contributed by atoms with Crippen molar-refractivity contribution in [2.75, 3.05) is 0 Å². The van der Waals surface area contributed by atoms with Crippen molar-refractivity contribution >= 4 is 0 Å². The van der Waals surface area contributed by atoms with E-state index >= 15 is 0 Å². The average molecular weight is 116 g/mol. The number of hydrogen-bond acceptors (Lipinski definition) is 0. The minimum Gasteiger partial charge on any atom is -0.247 e. The van der Waals surface area contributed by atoms with Crippen LogP contribution in [0.2, 0.25) is 0 Å². The van der Waals surface area contributed by atoms with Crippen LogP contribution in [0.1, 0.15) is 26.7 Å². The van der Waals surface area contributed by atoms with Gasteiger partial charge in [-0.2, -0.15) is 0 Å². The van der Waals surface area contributed by atoms with Crippen molar-refractivity contribution in [1.82, 2.24) is 0 Å². The minimum absolute atomic E-state index is 0.500. The quantitative estimate of drug-likeness (QED) is 0.456. The molecular weight excluding hydrogens is 103 g/mol. The Bertz CT molecular complexity index is 70.5. The molecule has 0 bridgehead atoms. The standard InChI is InChI=1S/C7H13F/c1-5-3-7(8)4-6(5)2/h5-7H,3-4H2,1-2H3. The molecule has 0 heterocycles. The zero-order valence-electron chi connectivity index (χ0n) is 5.52. The van der Waals surface area contributed by atoms with E-state index in [1.807, 2.05) is 0 Å². The van der Waals surface area contributed by atoms with Gasteiger partial charge >= 0.3 is 0 Å². The largest absolute Gasteiger partial charge is 0.247 e. The molecule has 8 heavy (non-hydrogen) atoms. The van der Waals surface area contributed by atoms with Crippen LogP contribution >= 0.6 is 0 Å². The highest BCUT2D eigenvalue weighted by atomic mass is 19.1. The highest BCUT2D eigenvalue weighted by Crippen LogP contribution is 2.32. The summed E-state index contributed by atoms with van der Waals surface area (Å²) in [5.41, 5.74) is 0. The molecule has 1 aliphatic carbocycles. The molecule has 0 radical (unpaired) electrons. The van der Waals surface area contributed by atoms with Gasteiger partial charge in [-0.15, -0.1) is 0 Å². The van der Waals surface area contributed by atoms with Crippen LogP contribution in [0.3, 0.4) is 0 Å². The molecule has 0 saturated heterocycles. The highest BCUT2D eigenvalue weighted by molar-refractivity contribution is 4.77. The summed E-state index contributed by atoms with van der Waals surface area (Å²) in [7, 11) is 0. The van der Waals surface area contributed by atoms with Crippen LogP contribution in [-0.2, 0) is 0 Å². The van der Waals surface area contributed by atoms with E-state index in [1.165, 1.54) is 0 Å². The fraction of sp³-hybridized carbons (Fsp3) is 1.00. The first-order chi connectivity index (χ1) is 3.70. The molecule has 0 N–H and O–H groups in total. The summed E-state index contributed by atoms with van der Waals surface area (Å²) < 4.78 is 12.4. The minimum atomic E-state index is -0.500. The van der Waals surface area contributed by atoms with Gasteiger partial charge in [-0.3, -0.25) is 0 Å². The molecule has 1 fully saturated rings. The van der Waals surface area contributed by atoms with Gasteiger partial charge in [0.1, 0.15) is 6.17 Å². The Balaban J connectivity index is 2.39. The molecular formula is C7H13F. The van der Waals surface area contributed by atoms with Gasteiger partial charge in [0.2, 0.25) is 0 Å². The maximum atomic E-state index is 12.4. The van der Waals surface area contributed by atoms with E-state index in [4.69, 9.17) is 0 Å². The zero-order valence-corrected chi connectivity index (χ0v) is 5.52. The first kappa shape index (κ1) is 6.06. The van der Waals surface area contributed by atoms with Gasteiger partial charge < -0.3 is 0 Å². The normalized spacial score (nSPS) is 47.6. The Kier molecular flexibility index (Phi) is 1.54. The third-order valence-electron chi connectivity index (χ3n) is 2.23. The fourth-order valence-corrected chi connectivity index (χ4v) is 1.37. The first-order valence-electron chi connectivity index (χ1n) is 3.34. The lowest BCUT2D eigenvalue weighted by Gasteiger charge is -2.04. The van der Waals surface area contributed by atoms with Crippen molar-refractivity contribution in [1.29, 1.82) is 0 Å². The van der Waals surface area contributed by atoms with Crippen LogP contribution in [0, 0.1) is 11.8 Å². The number of rotatable bonds is 0. The number of hydrogen-bond donors (Lipinski definition) is 0. The predicted octanol–water partition coefficient (Wildman–Crippen LogP) is 2.39. The van der Waals surface area contributed by atoms with Crippen molar-refractivity contribution in [3.63, 3.8) is 0 Å².